The second-order valence-corrected chi connectivity index (χ2v) is 5.21. The molecule has 1 aliphatic heterocycles. The van der Waals surface area contributed by atoms with Gasteiger partial charge in [-0.15, -0.1) is 0 Å². The minimum absolute atomic E-state index is 0.0186. The Balaban J connectivity index is 2.31. The molecule has 98 valence electrons. The largest absolute Gasteiger partial charge is 0.508 e. The number of phenols is 1. The van der Waals surface area contributed by atoms with Crippen LogP contribution in [-0.4, -0.2) is 23.6 Å². The van der Waals surface area contributed by atoms with Crippen LogP contribution in [0.1, 0.15) is 24.3 Å². The number of carbonyl (C=O) groups excluding carboxylic acids is 1. The smallest absolute Gasteiger partial charge is 0.234 e. The van der Waals surface area contributed by atoms with Crippen LogP contribution in [0.15, 0.2) is 12.1 Å². The van der Waals surface area contributed by atoms with Crippen molar-refractivity contribution >= 4 is 29.1 Å². The molecular weight excluding hydrogens is 275 g/mol. The summed E-state index contributed by atoms with van der Waals surface area (Å²) in [6, 6.07) is 2.68. The van der Waals surface area contributed by atoms with Crippen LogP contribution >= 0.6 is 23.2 Å². The predicted molar refractivity (Wildman–Crippen MR) is 71.1 cm³/mol. The zero-order valence-corrected chi connectivity index (χ0v) is 11.1. The highest BCUT2D eigenvalue weighted by atomic mass is 35.5. The number of rotatable bonds is 2. The summed E-state index contributed by atoms with van der Waals surface area (Å²) in [5.41, 5.74) is 5.90. The molecule has 18 heavy (non-hydrogen) atoms. The van der Waals surface area contributed by atoms with Crippen LogP contribution < -0.4 is 11.1 Å². The molecule has 1 heterocycles. The van der Waals surface area contributed by atoms with E-state index in [-0.39, 0.29) is 11.7 Å². The van der Waals surface area contributed by atoms with Gasteiger partial charge >= 0.3 is 0 Å². The molecule has 1 saturated heterocycles. The number of primary amides is 1. The van der Waals surface area contributed by atoms with Crippen LogP contribution in [0.2, 0.25) is 10.0 Å². The number of hydrogen-bond acceptors (Lipinski definition) is 3. The van der Waals surface area contributed by atoms with E-state index in [1.807, 2.05) is 0 Å². The molecule has 1 aromatic carbocycles. The second-order valence-electron chi connectivity index (χ2n) is 4.42. The quantitative estimate of drug-likeness (QED) is 0.779. The van der Waals surface area contributed by atoms with E-state index in [0.717, 1.165) is 6.42 Å². The molecule has 4 N–H and O–H groups in total. The summed E-state index contributed by atoms with van der Waals surface area (Å²) in [4.78, 5) is 11.2. The molecule has 1 aliphatic rings. The molecule has 0 bridgehead atoms. The maximum absolute atomic E-state index is 11.2. The van der Waals surface area contributed by atoms with Crippen LogP contribution in [0.25, 0.3) is 0 Å². The van der Waals surface area contributed by atoms with Crippen molar-refractivity contribution in [2.24, 2.45) is 5.73 Å². The standard InChI is InChI=1S/C12H14Cl2N2O2/c13-7-1-2-9(17)10(11(7)14)6-3-4-16-8(5-6)12(15)18/h1-2,6,8,16-17H,3-5H2,(H2,15,18)/t6?,8-/m1/s1. The van der Waals surface area contributed by atoms with Gasteiger partial charge in [-0.3, -0.25) is 4.79 Å². The van der Waals surface area contributed by atoms with Gasteiger partial charge in [0.2, 0.25) is 5.91 Å². The summed E-state index contributed by atoms with van der Waals surface area (Å²) in [7, 11) is 0. The van der Waals surface area contributed by atoms with E-state index in [1.54, 1.807) is 6.07 Å². The van der Waals surface area contributed by atoms with Crippen LogP contribution in [0.5, 0.6) is 5.75 Å². The third-order valence-corrected chi connectivity index (χ3v) is 4.08. The molecule has 0 saturated carbocycles. The molecule has 1 fully saturated rings. The van der Waals surface area contributed by atoms with Gasteiger partial charge < -0.3 is 16.2 Å². The number of nitrogens with two attached hydrogens (primary N) is 1. The maximum Gasteiger partial charge on any atom is 0.234 e. The molecule has 1 amide bonds. The van der Waals surface area contributed by atoms with E-state index in [4.69, 9.17) is 28.9 Å². The van der Waals surface area contributed by atoms with Gasteiger partial charge in [0.25, 0.3) is 0 Å². The third-order valence-electron chi connectivity index (χ3n) is 3.27. The van der Waals surface area contributed by atoms with E-state index in [9.17, 15) is 9.90 Å². The van der Waals surface area contributed by atoms with Gasteiger partial charge in [-0.1, -0.05) is 23.2 Å². The Morgan fingerprint density at radius 3 is 2.83 bits per heavy atom. The monoisotopic (exact) mass is 288 g/mol. The number of carbonyl (C=O) groups is 1. The van der Waals surface area contributed by atoms with Gasteiger partial charge in [0.1, 0.15) is 5.75 Å². The van der Waals surface area contributed by atoms with E-state index in [0.29, 0.717) is 28.6 Å². The summed E-state index contributed by atoms with van der Waals surface area (Å²) in [5.74, 6) is -0.299. The van der Waals surface area contributed by atoms with Gasteiger partial charge in [-0.05, 0) is 37.4 Å². The highest BCUT2D eigenvalue weighted by Gasteiger charge is 2.29. The number of aromatic hydroxyl groups is 1. The molecule has 0 radical (unpaired) electrons. The molecule has 0 aliphatic carbocycles. The third kappa shape index (κ3) is 2.55. The lowest BCUT2D eigenvalue weighted by molar-refractivity contribution is -0.120. The molecule has 0 spiro atoms. The SMILES string of the molecule is NC(=O)[C@H]1CC(c2c(O)ccc(Cl)c2Cl)CCN1. The van der Waals surface area contributed by atoms with Gasteiger partial charge in [-0.25, -0.2) is 0 Å². The van der Waals surface area contributed by atoms with Crippen molar-refractivity contribution in [1.82, 2.24) is 5.32 Å². The average molecular weight is 289 g/mol. The molecule has 6 heteroatoms. The van der Waals surface area contributed by atoms with E-state index >= 15 is 0 Å². The lowest BCUT2D eigenvalue weighted by Gasteiger charge is -2.29. The topological polar surface area (TPSA) is 75.4 Å². The highest BCUT2D eigenvalue weighted by molar-refractivity contribution is 6.42. The molecule has 1 aromatic rings. The van der Waals surface area contributed by atoms with Crippen molar-refractivity contribution in [3.8, 4) is 5.75 Å². The van der Waals surface area contributed by atoms with E-state index in [1.165, 1.54) is 6.07 Å². The zero-order valence-electron chi connectivity index (χ0n) is 9.62. The minimum atomic E-state index is -0.391. The lowest BCUT2D eigenvalue weighted by atomic mass is 9.85. The first-order valence-corrected chi connectivity index (χ1v) is 6.46. The van der Waals surface area contributed by atoms with Crippen LogP contribution in [0, 0.1) is 0 Å². The minimum Gasteiger partial charge on any atom is -0.508 e. The Morgan fingerprint density at radius 1 is 1.44 bits per heavy atom. The summed E-state index contributed by atoms with van der Waals surface area (Å²) >= 11 is 12.1. The molecule has 1 unspecified atom stereocenters. The van der Waals surface area contributed by atoms with Crippen molar-refractivity contribution in [2.75, 3.05) is 6.54 Å². The lowest BCUT2D eigenvalue weighted by Crippen LogP contribution is -2.46. The van der Waals surface area contributed by atoms with E-state index < -0.39 is 11.9 Å². The molecular formula is C12H14Cl2N2O2. The Morgan fingerprint density at radius 2 is 2.17 bits per heavy atom. The van der Waals surface area contributed by atoms with Gasteiger partial charge in [0.05, 0.1) is 16.1 Å². The molecule has 4 nitrogen and oxygen atoms in total. The van der Waals surface area contributed by atoms with Crippen molar-refractivity contribution in [3.05, 3.63) is 27.7 Å². The highest BCUT2D eigenvalue weighted by Crippen LogP contribution is 2.41. The molecule has 0 aromatic heterocycles. The Hall–Kier alpha value is -0.970. The maximum atomic E-state index is 11.2. The Kier molecular flexibility index (Phi) is 4.00. The number of hydrogen-bond donors (Lipinski definition) is 3. The first-order chi connectivity index (χ1) is 8.50. The number of amides is 1. The fourth-order valence-electron chi connectivity index (χ4n) is 2.34. The van der Waals surface area contributed by atoms with Crippen LogP contribution in [-0.2, 0) is 4.79 Å². The van der Waals surface area contributed by atoms with Crippen LogP contribution in [0.3, 0.4) is 0 Å². The Labute approximate surface area is 115 Å². The number of halogens is 2. The van der Waals surface area contributed by atoms with Gasteiger partial charge in [0.15, 0.2) is 0 Å². The molecule has 2 atom stereocenters. The van der Waals surface area contributed by atoms with Crippen molar-refractivity contribution in [2.45, 2.75) is 24.8 Å². The first-order valence-electron chi connectivity index (χ1n) is 5.70. The van der Waals surface area contributed by atoms with Crippen LogP contribution in [0.4, 0.5) is 0 Å². The normalized spacial score (nSPS) is 23.9. The number of piperidine rings is 1. The second kappa shape index (κ2) is 5.34. The van der Waals surface area contributed by atoms with Gasteiger partial charge in [0, 0.05) is 5.56 Å². The summed E-state index contributed by atoms with van der Waals surface area (Å²) in [6.07, 6.45) is 1.29. The van der Waals surface area contributed by atoms with Crippen molar-refractivity contribution in [3.63, 3.8) is 0 Å². The fraction of sp³-hybridized carbons (Fsp3) is 0.417. The van der Waals surface area contributed by atoms with Gasteiger partial charge in [-0.2, -0.15) is 0 Å². The average Bonchev–Trinajstić information content (AvgIpc) is 2.35. The zero-order chi connectivity index (χ0) is 13.3. The fourth-order valence-corrected chi connectivity index (χ4v) is 2.82. The summed E-state index contributed by atoms with van der Waals surface area (Å²) in [6.45, 7) is 0.653. The summed E-state index contributed by atoms with van der Waals surface area (Å²) < 4.78 is 0. The predicted octanol–water partition coefficient (Wildman–Crippen LogP) is 2.02. The number of phenolic OH excluding ortho intramolecular Hbond substituents is 1. The molecule has 2 rings (SSSR count). The summed E-state index contributed by atoms with van der Waals surface area (Å²) in [5, 5.41) is 13.7. The first kappa shape index (κ1) is 13.5. The number of nitrogens with one attached hydrogen (secondary N) is 1. The van der Waals surface area contributed by atoms with E-state index in [2.05, 4.69) is 5.32 Å². The van der Waals surface area contributed by atoms with Crippen molar-refractivity contribution < 1.29 is 9.90 Å². The number of benzene rings is 1. The Bertz CT molecular complexity index is 479. The van der Waals surface area contributed by atoms with Crippen molar-refractivity contribution in [1.29, 1.82) is 0 Å².